The maximum absolute atomic E-state index is 13.5. The van der Waals surface area contributed by atoms with Gasteiger partial charge in [-0.2, -0.15) is 4.39 Å². The molecule has 0 radical (unpaired) electrons. The average Bonchev–Trinajstić information content (AvgIpc) is 2.37. The molecule has 0 aliphatic heterocycles. The Morgan fingerprint density at radius 3 is 2.57 bits per heavy atom. The van der Waals surface area contributed by atoms with Crippen molar-refractivity contribution in [1.82, 2.24) is 5.32 Å². The van der Waals surface area contributed by atoms with Gasteiger partial charge in [0.05, 0.1) is 4.92 Å². The first-order valence-electron chi connectivity index (χ1n) is 6.05. The molecule has 2 aromatic carbocycles. The summed E-state index contributed by atoms with van der Waals surface area (Å²) in [5.74, 6) is -1.25. The van der Waals surface area contributed by atoms with Gasteiger partial charge in [0.1, 0.15) is 17.3 Å². The van der Waals surface area contributed by atoms with E-state index >= 15 is 0 Å². The number of benzene rings is 2. The van der Waals surface area contributed by atoms with E-state index in [0.717, 1.165) is 18.2 Å². The van der Waals surface area contributed by atoms with Crippen molar-refractivity contribution >= 4 is 5.69 Å². The highest BCUT2D eigenvalue weighted by Gasteiger charge is 2.14. The third kappa shape index (κ3) is 3.73. The van der Waals surface area contributed by atoms with E-state index in [-0.39, 0.29) is 11.5 Å². The molecule has 0 aromatic heterocycles. The van der Waals surface area contributed by atoms with Gasteiger partial charge in [-0.15, -0.1) is 0 Å². The normalized spacial score (nSPS) is 10.4. The Balaban J connectivity index is 2.25. The van der Waals surface area contributed by atoms with E-state index in [1.807, 2.05) is 0 Å². The largest absolute Gasteiger partial charge is 0.457 e. The van der Waals surface area contributed by atoms with E-state index in [2.05, 4.69) is 5.32 Å². The van der Waals surface area contributed by atoms with Gasteiger partial charge in [0.2, 0.25) is 5.82 Å². The number of rotatable bonds is 5. The molecule has 2 aromatic rings. The van der Waals surface area contributed by atoms with Gasteiger partial charge < -0.3 is 10.1 Å². The molecule has 0 fully saturated rings. The van der Waals surface area contributed by atoms with Crippen LogP contribution in [0.25, 0.3) is 0 Å². The predicted octanol–water partition coefficient (Wildman–Crippen LogP) is 3.38. The summed E-state index contributed by atoms with van der Waals surface area (Å²) in [7, 11) is 1.72. The molecule has 1 N–H and O–H groups in total. The van der Waals surface area contributed by atoms with Crippen molar-refractivity contribution in [1.29, 1.82) is 0 Å². The second-order valence-corrected chi connectivity index (χ2v) is 4.30. The number of ether oxygens (including phenoxy) is 1. The Labute approximate surface area is 119 Å². The predicted molar refractivity (Wildman–Crippen MR) is 72.3 cm³/mol. The minimum absolute atomic E-state index is 0.0547. The van der Waals surface area contributed by atoms with E-state index in [9.17, 15) is 18.9 Å². The van der Waals surface area contributed by atoms with E-state index in [1.54, 1.807) is 13.1 Å². The number of nitrogens with zero attached hydrogens (tertiary/aromatic N) is 1. The topological polar surface area (TPSA) is 64.4 Å². The molecule has 5 nitrogen and oxygen atoms in total. The van der Waals surface area contributed by atoms with Crippen LogP contribution in [-0.4, -0.2) is 12.0 Å². The Morgan fingerprint density at radius 1 is 1.19 bits per heavy atom. The van der Waals surface area contributed by atoms with Crippen LogP contribution in [0.2, 0.25) is 0 Å². The summed E-state index contributed by atoms with van der Waals surface area (Å²) in [6.07, 6.45) is 0. The summed E-state index contributed by atoms with van der Waals surface area (Å²) in [4.78, 5) is 9.69. The fourth-order valence-corrected chi connectivity index (χ4v) is 1.82. The van der Waals surface area contributed by atoms with Crippen molar-refractivity contribution in [2.75, 3.05) is 7.05 Å². The molecular weight excluding hydrogens is 282 g/mol. The standard InChI is InChI=1S/C14H12F2N2O3/c1-17-8-9-4-10(15)6-12(5-9)21-11-2-3-14(18(19)20)13(16)7-11/h2-7,17H,8H2,1H3. The highest BCUT2D eigenvalue weighted by molar-refractivity contribution is 5.41. The summed E-state index contributed by atoms with van der Waals surface area (Å²) < 4.78 is 32.2. The van der Waals surface area contributed by atoms with Crippen molar-refractivity contribution in [3.05, 3.63) is 63.7 Å². The van der Waals surface area contributed by atoms with Gasteiger partial charge in [-0.25, -0.2) is 4.39 Å². The Kier molecular flexibility index (Phi) is 4.44. The SMILES string of the molecule is CNCc1cc(F)cc(Oc2ccc([N+](=O)[O-])c(F)c2)c1. The molecule has 110 valence electrons. The molecule has 7 heteroatoms. The van der Waals surface area contributed by atoms with Crippen molar-refractivity contribution in [3.63, 3.8) is 0 Å². The van der Waals surface area contributed by atoms with Crippen molar-refractivity contribution in [2.45, 2.75) is 6.54 Å². The van der Waals surface area contributed by atoms with Gasteiger partial charge in [0.25, 0.3) is 0 Å². The molecule has 0 aliphatic rings. The highest BCUT2D eigenvalue weighted by atomic mass is 19.1. The van der Waals surface area contributed by atoms with E-state index < -0.39 is 22.2 Å². The molecule has 21 heavy (non-hydrogen) atoms. The fraction of sp³-hybridized carbons (Fsp3) is 0.143. The fourth-order valence-electron chi connectivity index (χ4n) is 1.82. The van der Waals surface area contributed by atoms with Crippen LogP contribution in [0.5, 0.6) is 11.5 Å². The second-order valence-electron chi connectivity index (χ2n) is 4.30. The summed E-state index contributed by atoms with van der Waals surface area (Å²) >= 11 is 0. The highest BCUT2D eigenvalue weighted by Crippen LogP contribution is 2.27. The summed E-state index contributed by atoms with van der Waals surface area (Å²) in [6, 6.07) is 7.24. The molecule has 0 aliphatic carbocycles. The van der Waals surface area contributed by atoms with Crippen LogP contribution in [0.1, 0.15) is 5.56 Å². The quantitative estimate of drug-likeness (QED) is 0.678. The van der Waals surface area contributed by atoms with Gasteiger partial charge in [-0.05, 0) is 30.8 Å². The summed E-state index contributed by atoms with van der Waals surface area (Å²) in [5.41, 5.74) is 0.0207. The van der Waals surface area contributed by atoms with Gasteiger partial charge >= 0.3 is 5.69 Å². The molecule has 0 spiro atoms. The maximum Gasteiger partial charge on any atom is 0.305 e. The van der Waals surface area contributed by atoms with Crippen LogP contribution in [0.3, 0.4) is 0 Å². The summed E-state index contributed by atoms with van der Waals surface area (Å²) in [6.45, 7) is 0.447. The van der Waals surface area contributed by atoms with Crippen LogP contribution >= 0.6 is 0 Å². The third-order valence-electron chi connectivity index (χ3n) is 2.66. The number of hydrogen-bond acceptors (Lipinski definition) is 4. The van der Waals surface area contributed by atoms with Crippen LogP contribution in [-0.2, 0) is 6.54 Å². The Morgan fingerprint density at radius 2 is 1.95 bits per heavy atom. The van der Waals surface area contributed by atoms with Gasteiger partial charge in [-0.3, -0.25) is 10.1 Å². The van der Waals surface area contributed by atoms with Gasteiger partial charge in [-0.1, -0.05) is 0 Å². The minimum Gasteiger partial charge on any atom is -0.457 e. The molecule has 0 saturated heterocycles. The molecule has 2 rings (SSSR count). The maximum atomic E-state index is 13.5. The molecule has 0 unspecified atom stereocenters. The Hall–Kier alpha value is -2.54. The smallest absolute Gasteiger partial charge is 0.305 e. The lowest BCUT2D eigenvalue weighted by Crippen LogP contribution is -2.05. The zero-order valence-electron chi connectivity index (χ0n) is 11.1. The lowest BCUT2D eigenvalue weighted by molar-refractivity contribution is -0.387. The van der Waals surface area contributed by atoms with Gasteiger partial charge in [0.15, 0.2) is 0 Å². The van der Waals surface area contributed by atoms with Crippen LogP contribution < -0.4 is 10.1 Å². The first kappa shape index (κ1) is 14.9. The minimum atomic E-state index is -1.01. The van der Waals surface area contributed by atoms with E-state index in [1.165, 1.54) is 12.1 Å². The van der Waals surface area contributed by atoms with Crippen molar-refractivity contribution in [3.8, 4) is 11.5 Å². The number of nitro groups is 1. The zero-order valence-corrected chi connectivity index (χ0v) is 11.1. The van der Waals surface area contributed by atoms with Crippen molar-refractivity contribution in [2.24, 2.45) is 0 Å². The van der Waals surface area contributed by atoms with Crippen LogP contribution in [0.15, 0.2) is 36.4 Å². The first-order valence-corrected chi connectivity index (χ1v) is 6.05. The van der Waals surface area contributed by atoms with Crippen LogP contribution in [0, 0.1) is 21.7 Å². The molecular formula is C14H12F2N2O3. The lowest BCUT2D eigenvalue weighted by atomic mass is 10.2. The number of halogens is 2. The van der Waals surface area contributed by atoms with Gasteiger partial charge in [0, 0.05) is 24.7 Å². The lowest BCUT2D eigenvalue weighted by Gasteiger charge is -2.08. The number of nitrogens with one attached hydrogen (secondary N) is 1. The molecule has 0 saturated carbocycles. The third-order valence-corrected chi connectivity index (χ3v) is 2.66. The second kappa shape index (κ2) is 6.27. The molecule has 0 heterocycles. The zero-order chi connectivity index (χ0) is 15.4. The van der Waals surface area contributed by atoms with E-state index in [0.29, 0.717) is 12.1 Å². The first-order chi connectivity index (χ1) is 9.99. The average molecular weight is 294 g/mol. The molecule has 0 amide bonds. The van der Waals surface area contributed by atoms with Crippen LogP contribution in [0.4, 0.5) is 14.5 Å². The monoisotopic (exact) mass is 294 g/mol. The van der Waals surface area contributed by atoms with E-state index in [4.69, 9.17) is 4.74 Å². The summed E-state index contributed by atoms with van der Waals surface area (Å²) in [5, 5.41) is 13.4. The number of nitro benzene ring substituents is 1. The number of hydrogen-bond donors (Lipinski definition) is 1. The molecule has 0 bridgehead atoms. The Bertz CT molecular complexity index is 677. The van der Waals surface area contributed by atoms with Crippen molar-refractivity contribution < 1.29 is 18.4 Å². The molecule has 0 atom stereocenters.